The summed E-state index contributed by atoms with van der Waals surface area (Å²) in [6.07, 6.45) is 0. The second kappa shape index (κ2) is 6.27. The van der Waals surface area contributed by atoms with E-state index in [2.05, 4.69) is 26.8 Å². The summed E-state index contributed by atoms with van der Waals surface area (Å²) in [5.74, 6) is 0.553. The molecule has 0 aliphatic rings. The summed E-state index contributed by atoms with van der Waals surface area (Å²) >= 11 is 0. The molecule has 0 saturated heterocycles. The van der Waals surface area contributed by atoms with Gasteiger partial charge in [0.15, 0.2) is 0 Å². The minimum absolute atomic E-state index is 0.0853. The number of hydrogen-bond acceptors (Lipinski definition) is 2. The van der Waals surface area contributed by atoms with E-state index in [0.29, 0.717) is 12.2 Å². The molecule has 112 valence electrons. The zero-order chi connectivity index (χ0) is 15.5. The average molecular weight is 287 g/mol. The molecular weight excluding hydrogens is 265 g/mol. The van der Waals surface area contributed by atoms with Crippen LogP contribution in [-0.4, -0.2) is 0 Å². The van der Waals surface area contributed by atoms with Crippen molar-refractivity contribution < 1.29 is 9.13 Å². The third-order valence-electron chi connectivity index (χ3n) is 3.44. The summed E-state index contributed by atoms with van der Waals surface area (Å²) < 4.78 is 19.2. The average Bonchev–Trinajstić information content (AvgIpc) is 2.46. The summed E-state index contributed by atoms with van der Waals surface area (Å²) in [6.45, 7) is 7.10. The van der Waals surface area contributed by atoms with Crippen molar-refractivity contribution in [2.24, 2.45) is 5.73 Å². The fraction of sp³-hybridized carbons (Fsp3) is 0.333. The Morgan fingerprint density at radius 1 is 1.10 bits per heavy atom. The first kappa shape index (κ1) is 15.5. The van der Waals surface area contributed by atoms with Gasteiger partial charge in [0.25, 0.3) is 0 Å². The summed E-state index contributed by atoms with van der Waals surface area (Å²) in [5, 5.41) is 0. The Labute approximate surface area is 125 Å². The molecule has 0 fully saturated rings. The third kappa shape index (κ3) is 4.05. The maximum atomic E-state index is 13.4. The Morgan fingerprint density at radius 2 is 1.86 bits per heavy atom. The molecule has 2 aromatic rings. The lowest BCUT2D eigenvalue weighted by Crippen LogP contribution is -2.11. The number of hydrogen-bond donors (Lipinski definition) is 1. The van der Waals surface area contributed by atoms with Crippen LogP contribution >= 0.6 is 0 Å². The van der Waals surface area contributed by atoms with E-state index in [0.717, 1.165) is 11.3 Å². The van der Waals surface area contributed by atoms with Crippen molar-refractivity contribution >= 4 is 0 Å². The van der Waals surface area contributed by atoms with Crippen LogP contribution in [0.5, 0.6) is 5.75 Å². The highest BCUT2D eigenvalue weighted by molar-refractivity contribution is 5.33. The van der Waals surface area contributed by atoms with Gasteiger partial charge in [-0.05, 0) is 40.8 Å². The number of ether oxygens (including phenoxy) is 1. The molecule has 3 heteroatoms. The Bertz CT molecular complexity index is 617. The van der Waals surface area contributed by atoms with Crippen molar-refractivity contribution in [1.82, 2.24) is 0 Å². The van der Waals surface area contributed by atoms with E-state index in [1.54, 1.807) is 12.1 Å². The van der Waals surface area contributed by atoms with Gasteiger partial charge in [-0.1, -0.05) is 39.0 Å². The molecule has 0 atom stereocenters. The van der Waals surface area contributed by atoms with E-state index in [4.69, 9.17) is 10.5 Å². The number of rotatable bonds is 4. The number of halogens is 1. The smallest absolute Gasteiger partial charge is 0.127 e. The number of nitrogens with two attached hydrogens (primary N) is 1. The summed E-state index contributed by atoms with van der Waals surface area (Å²) in [6, 6.07) is 13.0. The monoisotopic (exact) mass is 287 g/mol. The van der Waals surface area contributed by atoms with Crippen molar-refractivity contribution in [3.8, 4) is 5.75 Å². The van der Waals surface area contributed by atoms with E-state index in [-0.39, 0.29) is 17.8 Å². The van der Waals surface area contributed by atoms with Crippen molar-refractivity contribution in [3.05, 3.63) is 65.0 Å². The molecule has 0 aromatic heterocycles. The predicted octanol–water partition coefficient (Wildman–Crippen LogP) is 4.16. The summed E-state index contributed by atoms with van der Waals surface area (Å²) in [5.41, 5.74) is 8.25. The van der Waals surface area contributed by atoms with Crippen molar-refractivity contribution in [2.45, 2.75) is 39.3 Å². The van der Waals surface area contributed by atoms with Crippen LogP contribution in [0.3, 0.4) is 0 Å². The molecule has 0 aliphatic carbocycles. The predicted molar refractivity (Wildman–Crippen MR) is 83.8 cm³/mol. The van der Waals surface area contributed by atoms with E-state index in [1.807, 2.05) is 18.2 Å². The van der Waals surface area contributed by atoms with Crippen LogP contribution in [0.15, 0.2) is 42.5 Å². The fourth-order valence-corrected chi connectivity index (χ4v) is 2.09. The number of benzene rings is 2. The summed E-state index contributed by atoms with van der Waals surface area (Å²) in [7, 11) is 0. The normalized spacial score (nSPS) is 11.5. The van der Waals surface area contributed by atoms with Crippen LogP contribution in [0.1, 0.15) is 37.5 Å². The van der Waals surface area contributed by atoms with Crippen LogP contribution < -0.4 is 10.5 Å². The van der Waals surface area contributed by atoms with Gasteiger partial charge in [0.2, 0.25) is 0 Å². The van der Waals surface area contributed by atoms with Gasteiger partial charge in [-0.3, -0.25) is 0 Å². The van der Waals surface area contributed by atoms with Gasteiger partial charge < -0.3 is 10.5 Å². The van der Waals surface area contributed by atoms with E-state index in [9.17, 15) is 4.39 Å². The quantitative estimate of drug-likeness (QED) is 0.916. The van der Waals surface area contributed by atoms with Crippen molar-refractivity contribution in [2.75, 3.05) is 0 Å². The van der Waals surface area contributed by atoms with Gasteiger partial charge in [-0.2, -0.15) is 0 Å². The SMILES string of the molecule is CC(C)(C)c1cccc(OCc2ccc(F)c(CN)c2)c1. The van der Waals surface area contributed by atoms with Gasteiger partial charge in [0.1, 0.15) is 18.2 Å². The molecule has 0 aliphatic heterocycles. The first-order valence-corrected chi connectivity index (χ1v) is 7.11. The minimum Gasteiger partial charge on any atom is -0.489 e. The standard InChI is InChI=1S/C18H22FNO/c1-18(2,3)15-5-4-6-16(10-15)21-12-13-7-8-17(19)14(9-13)11-20/h4-10H,11-12,20H2,1-3H3. The van der Waals surface area contributed by atoms with Crippen molar-refractivity contribution in [3.63, 3.8) is 0 Å². The highest BCUT2D eigenvalue weighted by Crippen LogP contribution is 2.26. The third-order valence-corrected chi connectivity index (χ3v) is 3.44. The van der Waals surface area contributed by atoms with E-state index in [1.165, 1.54) is 11.6 Å². The first-order chi connectivity index (χ1) is 9.90. The Hall–Kier alpha value is -1.87. The molecule has 0 bridgehead atoms. The summed E-state index contributed by atoms with van der Waals surface area (Å²) in [4.78, 5) is 0. The molecule has 0 amide bonds. The zero-order valence-corrected chi connectivity index (χ0v) is 12.8. The van der Waals surface area contributed by atoms with Crippen LogP contribution in [-0.2, 0) is 18.6 Å². The van der Waals surface area contributed by atoms with Gasteiger partial charge >= 0.3 is 0 Å². The fourth-order valence-electron chi connectivity index (χ4n) is 2.09. The van der Waals surface area contributed by atoms with Crippen LogP contribution in [0.4, 0.5) is 4.39 Å². The second-order valence-electron chi connectivity index (χ2n) is 6.20. The lowest BCUT2D eigenvalue weighted by molar-refractivity contribution is 0.305. The molecular formula is C18H22FNO. The molecule has 0 heterocycles. The zero-order valence-electron chi connectivity index (χ0n) is 12.8. The molecule has 0 unspecified atom stereocenters. The van der Waals surface area contributed by atoms with Crippen LogP contribution in [0.25, 0.3) is 0 Å². The maximum Gasteiger partial charge on any atom is 0.127 e. The molecule has 2 aromatic carbocycles. The Balaban J connectivity index is 2.10. The van der Waals surface area contributed by atoms with Crippen molar-refractivity contribution in [1.29, 1.82) is 0 Å². The Kier molecular flexibility index (Phi) is 4.63. The van der Waals surface area contributed by atoms with Gasteiger partial charge in [0.05, 0.1) is 0 Å². The Morgan fingerprint density at radius 3 is 2.52 bits per heavy atom. The maximum absolute atomic E-state index is 13.4. The highest BCUT2D eigenvalue weighted by atomic mass is 19.1. The highest BCUT2D eigenvalue weighted by Gasteiger charge is 2.14. The van der Waals surface area contributed by atoms with Gasteiger partial charge in [0, 0.05) is 12.1 Å². The molecule has 2 rings (SSSR count). The molecule has 0 radical (unpaired) electrons. The largest absolute Gasteiger partial charge is 0.489 e. The van der Waals surface area contributed by atoms with E-state index >= 15 is 0 Å². The molecule has 2 nitrogen and oxygen atoms in total. The van der Waals surface area contributed by atoms with Crippen LogP contribution in [0, 0.1) is 5.82 Å². The van der Waals surface area contributed by atoms with E-state index < -0.39 is 0 Å². The molecule has 0 saturated carbocycles. The topological polar surface area (TPSA) is 35.2 Å². The van der Waals surface area contributed by atoms with Gasteiger partial charge in [-0.15, -0.1) is 0 Å². The molecule has 0 spiro atoms. The van der Waals surface area contributed by atoms with Gasteiger partial charge in [-0.25, -0.2) is 4.39 Å². The molecule has 2 N–H and O–H groups in total. The second-order valence-corrected chi connectivity index (χ2v) is 6.20. The lowest BCUT2D eigenvalue weighted by Gasteiger charge is -2.19. The lowest BCUT2D eigenvalue weighted by atomic mass is 9.87. The van der Waals surface area contributed by atoms with Crippen LogP contribution in [0.2, 0.25) is 0 Å². The minimum atomic E-state index is -0.268. The first-order valence-electron chi connectivity index (χ1n) is 7.11. The molecule has 21 heavy (non-hydrogen) atoms.